The van der Waals surface area contributed by atoms with Crippen LogP contribution in [-0.2, 0) is 0 Å². The number of aromatic carboxylic acids is 1. The first-order valence-corrected chi connectivity index (χ1v) is 6.20. The molecule has 1 fully saturated rings. The van der Waals surface area contributed by atoms with Crippen LogP contribution in [0.1, 0.15) is 36.2 Å². The molecular weight excluding hydrogens is 232 g/mol. The number of aromatic nitrogens is 1. The molecule has 0 amide bonds. The maximum Gasteiger partial charge on any atom is 0.354 e. The van der Waals surface area contributed by atoms with Crippen LogP contribution in [0.2, 0.25) is 0 Å². The van der Waals surface area contributed by atoms with Gasteiger partial charge in [0.25, 0.3) is 0 Å². The van der Waals surface area contributed by atoms with E-state index in [4.69, 9.17) is 5.11 Å². The molecule has 0 spiro atoms. The van der Waals surface area contributed by atoms with Gasteiger partial charge in [-0.2, -0.15) is 0 Å². The molecule has 1 heterocycles. The molecule has 0 aliphatic heterocycles. The first-order valence-electron chi connectivity index (χ1n) is 6.20. The Hall–Kier alpha value is -1.62. The number of hydrogen-bond acceptors (Lipinski definition) is 4. The maximum atomic E-state index is 10.7. The highest BCUT2D eigenvalue weighted by atomic mass is 16.4. The van der Waals surface area contributed by atoms with Crippen LogP contribution in [0, 0.1) is 0 Å². The first-order chi connectivity index (χ1) is 8.59. The van der Waals surface area contributed by atoms with Gasteiger partial charge in [0.2, 0.25) is 0 Å². The highest BCUT2D eigenvalue weighted by molar-refractivity contribution is 5.85. The van der Waals surface area contributed by atoms with Gasteiger partial charge < -0.3 is 15.1 Å². The van der Waals surface area contributed by atoms with Crippen molar-refractivity contribution in [2.24, 2.45) is 0 Å². The third kappa shape index (κ3) is 2.61. The van der Waals surface area contributed by atoms with E-state index in [9.17, 15) is 9.90 Å². The summed E-state index contributed by atoms with van der Waals surface area (Å²) in [5, 5.41) is 18.8. The summed E-state index contributed by atoms with van der Waals surface area (Å²) >= 11 is 0. The number of carboxylic acid groups (broad SMARTS) is 1. The number of rotatable bonds is 3. The molecule has 0 radical (unpaired) electrons. The first kappa shape index (κ1) is 12.8. The zero-order valence-corrected chi connectivity index (χ0v) is 10.4. The summed E-state index contributed by atoms with van der Waals surface area (Å²) in [5.41, 5.74) is 0.877. The molecule has 98 valence electrons. The molecule has 2 rings (SSSR count). The van der Waals surface area contributed by atoms with Crippen molar-refractivity contribution in [1.82, 2.24) is 4.98 Å². The van der Waals surface area contributed by atoms with E-state index in [2.05, 4.69) is 4.98 Å². The van der Waals surface area contributed by atoms with Crippen LogP contribution in [0.15, 0.2) is 18.3 Å². The van der Waals surface area contributed by atoms with Crippen LogP contribution < -0.4 is 4.90 Å². The van der Waals surface area contributed by atoms with Gasteiger partial charge in [0.1, 0.15) is 5.69 Å². The largest absolute Gasteiger partial charge is 0.477 e. The van der Waals surface area contributed by atoms with Crippen molar-refractivity contribution in [3.63, 3.8) is 0 Å². The Morgan fingerprint density at radius 2 is 2.11 bits per heavy atom. The smallest absolute Gasteiger partial charge is 0.354 e. The van der Waals surface area contributed by atoms with Crippen molar-refractivity contribution >= 4 is 11.7 Å². The van der Waals surface area contributed by atoms with Crippen LogP contribution >= 0.6 is 0 Å². The SMILES string of the molecule is CN(c1ccc(C(=O)O)nc1)C1CCCCC1O. The van der Waals surface area contributed by atoms with Gasteiger partial charge in [-0.1, -0.05) is 12.8 Å². The van der Waals surface area contributed by atoms with E-state index >= 15 is 0 Å². The van der Waals surface area contributed by atoms with Crippen LogP contribution in [0.3, 0.4) is 0 Å². The molecule has 18 heavy (non-hydrogen) atoms. The lowest BCUT2D eigenvalue weighted by Gasteiger charge is -2.36. The number of aliphatic hydroxyl groups is 1. The average molecular weight is 250 g/mol. The van der Waals surface area contributed by atoms with Crippen molar-refractivity contribution in [3.05, 3.63) is 24.0 Å². The Bertz CT molecular complexity index is 419. The van der Waals surface area contributed by atoms with Crippen LogP contribution in [0.5, 0.6) is 0 Å². The number of anilines is 1. The summed E-state index contributed by atoms with van der Waals surface area (Å²) in [6.45, 7) is 0. The quantitative estimate of drug-likeness (QED) is 0.850. The lowest BCUT2D eigenvalue weighted by Crippen LogP contribution is -2.43. The third-order valence-corrected chi connectivity index (χ3v) is 3.57. The zero-order chi connectivity index (χ0) is 13.1. The van der Waals surface area contributed by atoms with Gasteiger partial charge in [-0.3, -0.25) is 0 Å². The van der Waals surface area contributed by atoms with Gasteiger partial charge in [-0.15, -0.1) is 0 Å². The van der Waals surface area contributed by atoms with E-state index in [1.165, 1.54) is 6.07 Å². The summed E-state index contributed by atoms with van der Waals surface area (Å²) in [5.74, 6) is -1.03. The molecule has 0 aromatic carbocycles. The standard InChI is InChI=1S/C13H18N2O3/c1-15(11-4-2-3-5-12(11)16)9-6-7-10(13(17)18)14-8-9/h6-8,11-12,16H,2-5H2,1H3,(H,17,18). The molecule has 0 saturated heterocycles. The van der Waals surface area contributed by atoms with Crippen molar-refractivity contribution in [1.29, 1.82) is 0 Å². The third-order valence-electron chi connectivity index (χ3n) is 3.57. The molecular formula is C13H18N2O3. The summed E-state index contributed by atoms with van der Waals surface area (Å²) in [4.78, 5) is 16.6. The number of pyridine rings is 1. The molecule has 1 aliphatic rings. The molecule has 1 saturated carbocycles. The monoisotopic (exact) mass is 250 g/mol. The van der Waals surface area contributed by atoms with Gasteiger partial charge >= 0.3 is 5.97 Å². The second-order valence-corrected chi connectivity index (χ2v) is 4.74. The Kier molecular flexibility index (Phi) is 3.81. The summed E-state index contributed by atoms with van der Waals surface area (Å²) < 4.78 is 0. The number of likely N-dealkylation sites (N-methyl/N-ethyl adjacent to an activating group) is 1. The summed E-state index contributed by atoms with van der Waals surface area (Å²) in [6, 6.07) is 3.32. The molecule has 2 unspecified atom stereocenters. The Balaban J connectivity index is 2.12. The van der Waals surface area contributed by atoms with Gasteiger partial charge in [0.05, 0.1) is 24.0 Å². The van der Waals surface area contributed by atoms with Crippen molar-refractivity contribution in [3.8, 4) is 0 Å². The molecule has 2 N–H and O–H groups in total. The Labute approximate surface area is 106 Å². The van der Waals surface area contributed by atoms with Crippen molar-refractivity contribution in [2.45, 2.75) is 37.8 Å². The molecule has 5 heteroatoms. The van der Waals surface area contributed by atoms with Gasteiger partial charge in [0, 0.05) is 7.05 Å². The summed E-state index contributed by atoms with van der Waals surface area (Å²) in [7, 11) is 1.91. The van der Waals surface area contributed by atoms with E-state index in [1.54, 1.807) is 12.3 Å². The van der Waals surface area contributed by atoms with Crippen LogP contribution in [0.4, 0.5) is 5.69 Å². The van der Waals surface area contributed by atoms with E-state index in [-0.39, 0.29) is 17.8 Å². The van der Waals surface area contributed by atoms with E-state index < -0.39 is 5.97 Å². The van der Waals surface area contributed by atoms with E-state index in [0.29, 0.717) is 0 Å². The topological polar surface area (TPSA) is 73.7 Å². The van der Waals surface area contributed by atoms with Crippen LogP contribution in [-0.4, -0.2) is 40.4 Å². The van der Waals surface area contributed by atoms with Gasteiger partial charge in [0.15, 0.2) is 0 Å². The Morgan fingerprint density at radius 1 is 1.39 bits per heavy atom. The highest BCUT2D eigenvalue weighted by Crippen LogP contribution is 2.26. The van der Waals surface area contributed by atoms with Crippen LogP contribution in [0.25, 0.3) is 0 Å². The second-order valence-electron chi connectivity index (χ2n) is 4.74. The van der Waals surface area contributed by atoms with E-state index in [1.807, 2.05) is 11.9 Å². The average Bonchev–Trinajstić information content (AvgIpc) is 2.38. The maximum absolute atomic E-state index is 10.7. The minimum absolute atomic E-state index is 0.0383. The molecule has 1 aliphatic carbocycles. The van der Waals surface area contributed by atoms with Crippen molar-refractivity contribution < 1.29 is 15.0 Å². The fourth-order valence-electron chi connectivity index (χ4n) is 2.46. The minimum atomic E-state index is -1.03. The minimum Gasteiger partial charge on any atom is -0.477 e. The predicted molar refractivity (Wildman–Crippen MR) is 67.9 cm³/mol. The normalized spacial score (nSPS) is 23.7. The van der Waals surface area contributed by atoms with Gasteiger partial charge in [-0.25, -0.2) is 9.78 Å². The highest BCUT2D eigenvalue weighted by Gasteiger charge is 2.26. The zero-order valence-electron chi connectivity index (χ0n) is 10.4. The fourth-order valence-corrected chi connectivity index (χ4v) is 2.46. The lowest BCUT2D eigenvalue weighted by atomic mass is 9.91. The fraction of sp³-hybridized carbons (Fsp3) is 0.538. The molecule has 0 bridgehead atoms. The molecule has 1 aromatic heterocycles. The summed E-state index contributed by atoms with van der Waals surface area (Å²) in [6.07, 6.45) is 5.20. The van der Waals surface area contributed by atoms with Gasteiger partial charge in [-0.05, 0) is 25.0 Å². The van der Waals surface area contributed by atoms with Crippen molar-refractivity contribution in [2.75, 3.05) is 11.9 Å². The number of aliphatic hydroxyl groups excluding tert-OH is 1. The number of nitrogens with zero attached hydrogens (tertiary/aromatic N) is 2. The Morgan fingerprint density at radius 3 is 2.67 bits per heavy atom. The predicted octanol–water partition coefficient (Wildman–Crippen LogP) is 1.52. The lowest BCUT2D eigenvalue weighted by molar-refractivity contribution is 0.0690. The van der Waals surface area contributed by atoms with E-state index in [0.717, 1.165) is 31.4 Å². The number of carboxylic acids is 1. The number of carbonyl (C=O) groups is 1. The molecule has 1 aromatic rings. The number of hydrogen-bond donors (Lipinski definition) is 2. The second kappa shape index (κ2) is 5.35. The molecule has 5 nitrogen and oxygen atoms in total. The molecule has 2 atom stereocenters.